The lowest BCUT2D eigenvalue weighted by molar-refractivity contribution is -0.384. The first-order valence-electron chi connectivity index (χ1n) is 4.76. The van der Waals surface area contributed by atoms with E-state index in [-0.39, 0.29) is 5.69 Å². The maximum absolute atomic E-state index is 10.6. The van der Waals surface area contributed by atoms with Crippen LogP contribution < -0.4 is 4.74 Å². The molecule has 0 N–H and O–H groups in total. The third kappa shape index (κ3) is 3.04. The molecule has 4 nitrogen and oxygen atoms in total. The highest BCUT2D eigenvalue weighted by Gasteiger charge is 2.07. The molecular formula is C11H8BrNO3S. The lowest BCUT2D eigenvalue weighted by Crippen LogP contribution is -1.94. The zero-order valence-electron chi connectivity index (χ0n) is 8.63. The summed E-state index contributed by atoms with van der Waals surface area (Å²) in [5, 5.41) is 12.5. The molecule has 0 atom stereocenters. The molecule has 0 saturated carbocycles. The van der Waals surface area contributed by atoms with E-state index in [4.69, 9.17) is 4.74 Å². The summed E-state index contributed by atoms with van der Waals surface area (Å²) in [6.07, 6.45) is 0. The van der Waals surface area contributed by atoms with E-state index in [2.05, 4.69) is 15.9 Å². The Labute approximate surface area is 110 Å². The van der Waals surface area contributed by atoms with E-state index in [1.807, 2.05) is 11.4 Å². The van der Waals surface area contributed by atoms with E-state index in [1.54, 1.807) is 23.5 Å². The van der Waals surface area contributed by atoms with Gasteiger partial charge in [0.15, 0.2) is 0 Å². The molecule has 88 valence electrons. The Morgan fingerprint density at radius 1 is 1.41 bits per heavy atom. The van der Waals surface area contributed by atoms with Crippen LogP contribution in [-0.4, -0.2) is 4.92 Å². The second-order valence-electron chi connectivity index (χ2n) is 3.23. The van der Waals surface area contributed by atoms with Crippen LogP contribution in [-0.2, 0) is 6.61 Å². The van der Waals surface area contributed by atoms with Crippen LogP contribution >= 0.6 is 27.3 Å². The van der Waals surface area contributed by atoms with Crippen molar-refractivity contribution in [3.8, 4) is 5.75 Å². The van der Waals surface area contributed by atoms with Crippen LogP contribution in [0.25, 0.3) is 0 Å². The van der Waals surface area contributed by atoms with Crippen molar-refractivity contribution in [1.82, 2.24) is 0 Å². The molecule has 0 saturated heterocycles. The van der Waals surface area contributed by atoms with Crippen molar-refractivity contribution >= 4 is 33.0 Å². The van der Waals surface area contributed by atoms with E-state index < -0.39 is 4.92 Å². The van der Waals surface area contributed by atoms with E-state index in [0.717, 1.165) is 9.35 Å². The predicted octanol–water partition coefficient (Wildman–Crippen LogP) is 4.00. The van der Waals surface area contributed by atoms with Gasteiger partial charge in [-0.05, 0) is 33.4 Å². The van der Waals surface area contributed by atoms with Gasteiger partial charge in [0.2, 0.25) is 0 Å². The number of thiophene rings is 1. The first-order chi connectivity index (χ1) is 8.16. The quantitative estimate of drug-likeness (QED) is 0.633. The smallest absolute Gasteiger partial charge is 0.273 e. The zero-order valence-corrected chi connectivity index (χ0v) is 11.0. The summed E-state index contributed by atoms with van der Waals surface area (Å²) >= 11 is 4.97. The van der Waals surface area contributed by atoms with Crippen molar-refractivity contribution in [2.45, 2.75) is 6.61 Å². The minimum absolute atomic E-state index is 0.0349. The summed E-state index contributed by atoms with van der Waals surface area (Å²) in [4.78, 5) is 11.2. The molecular weight excluding hydrogens is 306 g/mol. The number of nitro benzene ring substituents is 1. The molecule has 0 unspecified atom stereocenters. The number of hydrogen-bond donors (Lipinski definition) is 0. The van der Waals surface area contributed by atoms with Gasteiger partial charge in [0.25, 0.3) is 5.69 Å². The molecule has 0 aliphatic carbocycles. The van der Waals surface area contributed by atoms with Crippen molar-refractivity contribution in [3.05, 3.63) is 55.2 Å². The number of halogens is 1. The fraction of sp³-hybridized carbons (Fsp3) is 0.0909. The standard InChI is InChI=1S/C11H8BrNO3S/c12-10-4-5-17-11(10)7-16-9-3-1-2-8(6-9)13(14)15/h1-6H,7H2. The van der Waals surface area contributed by atoms with E-state index in [9.17, 15) is 10.1 Å². The van der Waals surface area contributed by atoms with Crippen molar-refractivity contribution in [1.29, 1.82) is 0 Å². The average Bonchev–Trinajstić information content (AvgIpc) is 2.72. The number of non-ortho nitro benzene ring substituents is 1. The summed E-state index contributed by atoms with van der Waals surface area (Å²) in [7, 11) is 0. The Balaban J connectivity index is 2.07. The van der Waals surface area contributed by atoms with Crippen LogP contribution in [0.4, 0.5) is 5.69 Å². The lowest BCUT2D eigenvalue weighted by atomic mass is 10.3. The molecule has 1 aromatic heterocycles. The van der Waals surface area contributed by atoms with Gasteiger partial charge in [-0.2, -0.15) is 0 Å². The molecule has 1 aromatic carbocycles. The SMILES string of the molecule is O=[N+]([O-])c1cccc(OCc2sccc2Br)c1. The van der Waals surface area contributed by atoms with Gasteiger partial charge < -0.3 is 4.74 Å². The molecule has 2 rings (SSSR count). The number of rotatable bonds is 4. The third-order valence-electron chi connectivity index (χ3n) is 2.09. The van der Waals surface area contributed by atoms with E-state index >= 15 is 0 Å². The fourth-order valence-electron chi connectivity index (χ4n) is 1.26. The summed E-state index contributed by atoms with van der Waals surface area (Å²) in [6.45, 7) is 0.402. The van der Waals surface area contributed by atoms with Crippen molar-refractivity contribution in [3.63, 3.8) is 0 Å². The maximum Gasteiger partial charge on any atom is 0.273 e. The molecule has 0 aliphatic rings. The molecule has 0 radical (unpaired) electrons. The monoisotopic (exact) mass is 313 g/mol. The molecule has 0 bridgehead atoms. The molecule has 1 heterocycles. The van der Waals surface area contributed by atoms with Gasteiger partial charge in [-0.15, -0.1) is 11.3 Å². The minimum Gasteiger partial charge on any atom is -0.488 e. The topological polar surface area (TPSA) is 52.4 Å². The predicted molar refractivity (Wildman–Crippen MR) is 69.4 cm³/mol. The number of ether oxygens (including phenoxy) is 1. The molecule has 17 heavy (non-hydrogen) atoms. The van der Waals surface area contributed by atoms with Gasteiger partial charge in [0.05, 0.1) is 15.9 Å². The highest BCUT2D eigenvalue weighted by molar-refractivity contribution is 9.10. The highest BCUT2D eigenvalue weighted by atomic mass is 79.9. The molecule has 0 fully saturated rings. The summed E-state index contributed by atoms with van der Waals surface area (Å²) in [5.74, 6) is 0.500. The molecule has 2 aromatic rings. The van der Waals surface area contributed by atoms with Crippen molar-refractivity contribution < 1.29 is 9.66 Å². The van der Waals surface area contributed by atoms with Gasteiger partial charge in [-0.3, -0.25) is 10.1 Å². The van der Waals surface area contributed by atoms with Crippen LogP contribution in [0, 0.1) is 10.1 Å². The summed E-state index contributed by atoms with van der Waals surface area (Å²) in [5.41, 5.74) is 0.0349. The van der Waals surface area contributed by atoms with Crippen LogP contribution in [0.5, 0.6) is 5.75 Å². The van der Waals surface area contributed by atoms with Gasteiger partial charge in [-0.25, -0.2) is 0 Å². The number of benzene rings is 1. The first-order valence-corrected chi connectivity index (χ1v) is 6.43. The van der Waals surface area contributed by atoms with Gasteiger partial charge in [-0.1, -0.05) is 6.07 Å². The lowest BCUT2D eigenvalue weighted by Gasteiger charge is -2.04. The highest BCUT2D eigenvalue weighted by Crippen LogP contribution is 2.25. The van der Waals surface area contributed by atoms with Gasteiger partial charge in [0.1, 0.15) is 12.4 Å². The Morgan fingerprint density at radius 3 is 2.88 bits per heavy atom. The fourth-order valence-corrected chi connectivity index (χ4v) is 2.64. The maximum atomic E-state index is 10.6. The van der Waals surface area contributed by atoms with Gasteiger partial charge in [0, 0.05) is 10.5 Å². The Hall–Kier alpha value is -1.40. The van der Waals surface area contributed by atoms with Crippen LogP contribution in [0.1, 0.15) is 4.88 Å². The number of nitro groups is 1. The number of nitrogens with zero attached hydrogens (tertiary/aromatic N) is 1. The third-order valence-corrected chi connectivity index (χ3v) is 3.99. The summed E-state index contributed by atoms with van der Waals surface area (Å²) in [6, 6.07) is 8.11. The Morgan fingerprint density at radius 2 is 2.24 bits per heavy atom. The second-order valence-corrected chi connectivity index (χ2v) is 5.09. The Bertz CT molecular complexity index is 541. The summed E-state index contributed by atoms with van der Waals surface area (Å²) < 4.78 is 6.49. The van der Waals surface area contributed by atoms with Crippen LogP contribution in [0.3, 0.4) is 0 Å². The van der Waals surface area contributed by atoms with E-state index in [0.29, 0.717) is 12.4 Å². The second kappa shape index (κ2) is 5.29. The Kier molecular flexibility index (Phi) is 3.75. The first kappa shape index (κ1) is 12.1. The molecule has 0 spiro atoms. The van der Waals surface area contributed by atoms with Crippen LogP contribution in [0.2, 0.25) is 0 Å². The molecule has 0 aliphatic heterocycles. The zero-order chi connectivity index (χ0) is 12.3. The van der Waals surface area contributed by atoms with Crippen molar-refractivity contribution in [2.75, 3.05) is 0 Å². The minimum atomic E-state index is -0.437. The van der Waals surface area contributed by atoms with Crippen molar-refractivity contribution in [2.24, 2.45) is 0 Å². The average molecular weight is 314 g/mol. The normalized spacial score (nSPS) is 10.2. The van der Waals surface area contributed by atoms with Crippen LogP contribution in [0.15, 0.2) is 40.2 Å². The molecule has 6 heteroatoms. The van der Waals surface area contributed by atoms with Gasteiger partial charge >= 0.3 is 0 Å². The van der Waals surface area contributed by atoms with E-state index in [1.165, 1.54) is 12.1 Å². The molecule has 0 amide bonds. The number of hydrogen-bond acceptors (Lipinski definition) is 4. The largest absolute Gasteiger partial charge is 0.488 e.